The molecule has 0 bridgehead atoms. The molecule has 0 saturated heterocycles. The van der Waals surface area contributed by atoms with Crippen LogP contribution in [0.1, 0.15) is 22.7 Å². The minimum atomic E-state index is 0.436. The summed E-state index contributed by atoms with van der Waals surface area (Å²) >= 11 is 1.71. The molecule has 2 rings (SSSR count). The number of aryl methyl sites for hydroxylation is 1. The number of rotatable bonds is 4. The van der Waals surface area contributed by atoms with Crippen LogP contribution in [0.5, 0.6) is 0 Å². The van der Waals surface area contributed by atoms with Crippen molar-refractivity contribution in [2.75, 3.05) is 6.54 Å². The number of aromatic nitrogens is 1. The summed E-state index contributed by atoms with van der Waals surface area (Å²) in [4.78, 5) is 5.41. The molecular formula is C10H16N2OS. The third-order valence-electron chi connectivity index (χ3n) is 2.66. The summed E-state index contributed by atoms with van der Waals surface area (Å²) in [5.41, 5.74) is 5.54. The highest BCUT2D eigenvalue weighted by Gasteiger charge is 2.28. The molecule has 1 saturated carbocycles. The first-order valence-electron chi connectivity index (χ1n) is 5.01. The van der Waals surface area contributed by atoms with E-state index in [1.807, 2.05) is 13.1 Å². The fraction of sp³-hybridized carbons (Fsp3) is 0.700. The van der Waals surface area contributed by atoms with Gasteiger partial charge in [0.05, 0.1) is 22.6 Å². The van der Waals surface area contributed by atoms with Crippen LogP contribution in [0.3, 0.4) is 0 Å². The van der Waals surface area contributed by atoms with Crippen molar-refractivity contribution in [2.24, 2.45) is 11.7 Å². The second-order valence-corrected chi connectivity index (χ2v) is 5.17. The van der Waals surface area contributed by atoms with Gasteiger partial charge in [0.15, 0.2) is 0 Å². The van der Waals surface area contributed by atoms with Gasteiger partial charge in [-0.1, -0.05) is 0 Å². The van der Waals surface area contributed by atoms with Crippen LogP contribution < -0.4 is 5.73 Å². The Hall–Kier alpha value is -0.450. The summed E-state index contributed by atoms with van der Waals surface area (Å²) in [6.07, 6.45) is 4.60. The van der Waals surface area contributed by atoms with Crippen molar-refractivity contribution in [3.8, 4) is 0 Å². The van der Waals surface area contributed by atoms with Crippen LogP contribution in [-0.2, 0) is 11.3 Å². The normalized spacial score (nSPS) is 26.1. The van der Waals surface area contributed by atoms with Crippen LogP contribution in [-0.4, -0.2) is 17.6 Å². The maximum absolute atomic E-state index is 5.72. The Kier molecular flexibility index (Phi) is 3.15. The van der Waals surface area contributed by atoms with Gasteiger partial charge in [0.25, 0.3) is 0 Å². The third kappa shape index (κ3) is 2.32. The van der Waals surface area contributed by atoms with E-state index in [0.29, 0.717) is 18.6 Å². The molecule has 0 aromatic carbocycles. The average molecular weight is 212 g/mol. The van der Waals surface area contributed by atoms with Crippen LogP contribution in [0.2, 0.25) is 0 Å². The van der Waals surface area contributed by atoms with Crippen molar-refractivity contribution in [1.82, 2.24) is 4.98 Å². The standard InChI is InChI=1S/C10H16N2OS/c1-7-12-5-10(14-7)6-13-9-2-8(3-9)4-11/h5,8-9H,2-4,6,11H2,1H3. The van der Waals surface area contributed by atoms with E-state index < -0.39 is 0 Å². The fourth-order valence-corrected chi connectivity index (χ4v) is 2.39. The lowest BCUT2D eigenvalue weighted by atomic mass is 9.82. The molecule has 1 heterocycles. The molecule has 2 N–H and O–H groups in total. The van der Waals surface area contributed by atoms with Gasteiger partial charge >= 0.3 is 0 Å². The first-order valence-corrected chi connectivity index (χ1v) is 5.82. The van der Waals surface area contributed by atoms with Crippen molar-refractivity contribution in [3.05, 3.63) is 16.1 Å². The van der Waals surface area contributed by atoms with E-state index in [0.717, 1.165) is 24.4 Å². The molecule has 1 aromatic heterocycles. The van der Waals surface area contributed by atoms with E-state index >= 15 is 0 Å². The van der Waals surface area contributed by atoms with Crippen molar-refractivity contribution in [2.45, 2.75) is 32.5 Å². The summed E-state index contributed by atoms with van der Waals surface area (Å²) in [5, 5.41) is 1.11. The number of thiazole rings is 1. The molecule has 0 unspecified atom stereocenters. The van der Waals surface area contributed by atoms with Gasteiger partial charge in [-0.05, 0) is 32.2 Å². The zero-order chi connectivity index (χ0) is 9.97. The second kappa shape index (κ2) is 4.38. The molecule has 0 aliphatic heterocycles. The predicted molar refractivity (Wildman–Crippen MR) is 57.2 cm³/mol. The molecule has 1 aliphatic carbocycles. The van der Waals surface area contributed by atoms with Gasteiger partial charge < -0.3 is 10.5 Å². The van der Waals surface area contributed by atoms with Gasteiger partial charge in [0.2, 0.25) is 0 Å². The lowest BCUT2D eigenvalue weighted by molar-refractivity contribution is -0.0366. The molecule has 0 spiro atoms. The largest absolute Gasteiger partial charge is 0.373 e. The van der Waals surface area contributed by atoms with Crippen LogP contribution in [0.4, 0.5) is 0 Å². The lowest BCUT2D eigenvalue weighted by Gasteiger charge is -2.34. The summed E-state index contributed by atoms with van der Waals surface area (Å²) in [5.74, 6) is 0.697. The highest BCUT2D eigenvalue weighted by Crippen LogP contribution is 2.30. The van der Waals surface area contributed by atoms with Crippen LogP contribution >= 0.6 is 11.3 Å². The summed E-state index contributed by atoms with van der Waals surface area (Å²) in [7, 11) is 0. The Morgan fingerprint density at radius 2 is 2.43 bits per heavy atom. The molecule has 1 aliphatic rings. The zero-order valence-electron chi connectivity index (χ0n) is 8.40. The zero-order valence-corrected chi connectivity index (χ0v) is 9.22. The lowest BCUT2D eigenvalue weighted by Crippen LogP contribution is -2.35. The van der Waals surface area contributed by atoms with E-state index in [4.69, 9.17) is 10.5 Å². The maximum atomic E-state index is 5.72. The molecule has 14 heavy (non-hydrogen) atoms. The van der Waals surface area contributed by atoms with Gasteiger partial charge in [0, 0.05) is 6.20 Å². The summed E-state index contributed by atoms with van der Waals surface area (Å²) < 4.78 is 5.72. The van der Waals surface area contributed by atoms with Crippen molar-refractivity contribution in [3.63, 3.8) is 0 Å². The first-order chi connectivity index (χ1) is 6.78. The molecular weight excluding hydrogens is 196 g/mol. The Labute approximate surface area is 88.3 Å². The molecule has 78 valence electrons. The quantitative estimate of drug-likeness (QED) is 0.826. The monoisotopic (exact) mass is 212 g/mol. The molecule has 4 heteroatoms. The van der Waals surface area contributed by atoms with Crippen LogP contribution in [0.15, 0.2) is 6.20 Å². The average Bonchev–Trinajstić information content (AvgIpc) is 2.49. The van der Waals surface area contributed by atoms with E-state index in [9.17, 15) is 0 Å². The SMILES string of the molecule is Cc1ncc(COC2CC(CN)C2)s1. The number of ether oxygens (including phenoxy) is 1. The Balaban J connectivity index is 1.69. The minimum Gasteiger partial charge on any atom is -0.373 e. The van der Waals surface area contributed by atoms with E-state index in [1.54, 1.807) is 11.3 Å². The van der Waals surface area contributed by atoms with E-state index in [1.165, 1.54) is 4.88 Å². The molecule has 1 fully saturated rings. The van der Waals surface area contributed by atoms with Crippen LogP contribution in [0.25, 0.3) is 0 Å². The minimum absolute atomic E-state index is 0.436. The Bertz CT molecular complexity index is 294. The van der Waals surface area contributed by atoms with Gasteiger partial charge in [-0.25, -0.2) is 4.98 Å². The van der Waals surface area contributed by atoms with Crippen molar-refractivity contribution < 1.29 is 4.74 Å². The molecule has 3 nitrogen and oxygen atoms in total. The van der Waals surface area contributed by atoms with Gasteiger partial charge in [0.1, 0.15) is 0 Å². The Morgan fingerprint density at radius 3 is 3.00 bits per heavy atom. The molecule has 0 atom stereocenters. The van der Waals surface area contributed by atoms with Crippen molar-refractivity contribution in [1.29, 1.82) is 0 Å². The molecule has 0 radical (unpaired) electrons. The first kappa shape index (κ1) is 10.1. The predicted octanol–water partition coefficient (Wildman–Crippen LogP) is 1.71. The number of nitrogens with two attached hydrogens (primary N) is 1. The highest BCUT2D eigenvalue weighted by molar-refractivity contribution is 7.11. The molecule has 0 amide bonds. The van der Waals surface area contributed by atoms with E-state index in [-0.39, 0.29) is 0 Å². The topological polar surface area (TPSA) is 48.1 Å². The number of nitrogens with zero attached hydrogens (tertiary/aromatic N) is 1. The van der Waals surface area contributed by atoms with Crippen molar-refractivity contribution >= 4 is 11.3 Å². The summed E-state index contributed by atoms with van der Waals surface area (Å²) in [6.45, 7) is 3.54. The highest BCUT2D eigenvalue weighted by atomic mass is 32.1. The molecule has 1 aromatic rings. The number of hydrogen-bond donors (Lipinski definition) is 1. The van der Waals surface area contributed by atoms with Gasteiger partial charge in [-0.2, -0.15) is 0 Å². The maximum Gasteiger partial charge on any atom is 0.0897 e. The second-order valence-electron chi connectivity index (χ2n) is 3.85. The van der Waals surface area contributed by atoms with E-state index in [2.05, 4.69) is 4.98 Å². The summed E-state index contributed by atoms with van der Waals surface area (Å²) in [6, 6.07) is 0. The third-order valence-corrected chi connectivity index (χ3v) is 3.54. The smallest absolute Gasteiger partial charge is 0.0897 e. The number of hydrogen-bond acceptors (Lipinski definition) is 4. The fourth-order valence-electron chi connectivity index (χ4n) is 1.68. The van der Waals surface area contributed by atoms with Gasteiger partial charge in [-0.3, -0.25) is 0 Å². The van der Waals surface area contributed by atoms with Crippen LogP contribution in [0, 0.1) is 12.8 Å². The van der Waals surface area contributed by atoms with Gasteiger partial charge in [-0.15, -0.1) is 11.3 Å². The Morgan fingerprint density at radius 1 is 1.64 bits per heavy atom.